The van der Waals surface area contributed by atoms with Crippen LogP contribution < -0.4 is 11.1 Å². The van der Waals surface area contributed by atoms with Gasteiger partial charge in [-0.3, -0.25) is 0 Å². The molecule has 0 fully saturated rings. The topological polar surface area (TPSA) is 109 Å². The Balaban J connectivity index is 2.30. The summed E-state index contributed by atoms with van der Waals surface area (Å²) in [5, 5.41) is 11.9. The van der Waals surface area contributed by atoms with Crippen molar-refractivity contribution < 1.29 is 18.3 Å². The van der Waals surface area contributed by atoms with Gasteiger partial charge in [-0.15, -0.1) is 0 Å². The standard InChI is InChI=1S/C14H14N2O4S/c1-21(19,20)11-5-3-10(4-6-11)16-13-8-9(14(17)18)2-7-12(13)15/h2-8,16H,15H2,1H3,(H,17,18). The van der Waals surface area contributed by atoms with Crippen LogP contribution in [-0.4, -0.2) is 25.7 Å². The second-order valence-corrected chi connectivity index (χ2v) is 6.54. The highest BCUT2D eigenvalue weighted by Gasteiger charge is 2.09. The molecule has 0 bridgehead atoms. The maximum atomic E-state index is 11.4. The van der Waals surface area contributed by atoms with Gasteiger partial charge in [0.05, 0.1) is 21.8 Å². The number of aromatic carboxylic acids is 1. The van der Waals surface area contributed by atoms with Crippen LogP contribution in [0, 0.1) is 0 Å². The Kier molecular flexibility index (Phi) is 3.86. The number of carbonyl (C=O) groups is 1. The summed E-state index contributed by atoms with van der Waals surface area (Å²) >= 11 is 0. The lowest BCUT2D eigenvalue weighted by Crippen LogP contribution is -2.02. The van der Waals surface area contributed by atoms with Gasteiger partial charge in [0.25, 0.3) is 0 Å². The molecule has 21 heavy (non-hydrogen) atoms. The second kappa shape index (κ2) is 5.45. The van der Waals surface area contributed by atoms with E-state index in [9.17, 15) is 13.2 Å². The largest absolute Gasteiger partial charge is 0.478 e. The Morgan fingerprint density at radius 2 is 1.76 bits per heavy atom. The number of carboxylic acid groups (broad SMARTS) is 1. The molecule has 0 aliphatic heterocycles. The lowest BCUT2D eigenvalue weighted by molar-refractivity contribution is 0.0697. The molecule has 0 heterocycles. The molecule has 0 atom stereocenters. The number of nitrogen functional groups attached to an aromatic ring is 1. The summed E-state index contributed by atoms with van der Waals surface area (Å²) in [5.41, 5.74) is 7.35. The fourth-order valence-electron chi connectivity index (χ4n) is 1.74. The van der Waals surface area contributed by atoms with Gasteiger partial charge < -0.3 is 16.2 Å². The zero-order valence-electron chi connectivity index (χ0n) is 11.2. The fourth-order valence-corrected chi connectivity index (χ4v) is 2.37. The third-order valence-corrected chi connectivity index (χ3v) is 3.99. The van der Waals surface area contributed by atoms with E-state index in [4.69, 9.17) is 10.8 Å². The fraction of sp³-hybridized carbons (Fsp3) is 0.0714. The van der Waals surface area contributed by atoms with E-state index in [-0.39, 0.29) is 10.5 Å². The van der Waals surface area contributed by atoms with E-state index in [1.54, 1.807) is 12.1 Å². The average molecular weight is 306 g/mol. The third kappa shape index (κ3) is 3.51. The van der Waals surface area contributed by atoms with Crippen molar-refractivity contribution >= 4 is 32.9 Å². The van der Waals surface area contributed by atoms with E-state index in [2.05, 4.69) is 5.32 Å². The number of hydrogen-bond acceptors (Lipinski definition) is 5. The minimum absolute atomic E-state index is 0.111. The predicted molar refractivity (Wildman–Crippen MR) is 80.6 cm³/mol. The van der Waals surface area contributed by atoms with Crippen LogP contribution in [-0.2, 0) is 9.84 Å². The molecule has 6 nitrogen and oxygen atoms in total. The number of nitrogens with one attached hydrogen (secondary N) is 1. The minimum atomic E-state index is -3.25. The highest BCUT2D eigenvalue weighted by atomic mass is 32.2. The van der Waals surface area contributed by atoms with Crippen LogP contribution in [0.4, 0.5) is 17.1 Å². The van der Waals surface area contributed by atoms with Gasteiger partial charge in [0, 0.05) is 11.9 Å². The molecule has 0 aromatic heterocycles. The summed E-state index contributed by atoms with van der Waals surface area (Å²) in [6, 6.07) is 10.4. The van der Waals surface area contributed by atoms with E-state index < -0.39 is 15.8 Å². The maximum absolute atomic E-state index is 11.4. The van der Waals surface area contributed by atoms with Gasteiger partial charge in [-0.2, -0.15) is 0 Å². The first kappa shape index (κ1) is 14.9. The smallest absolute Gasteiger partial charge is 0.335 e. The monoisotopic (exact) mass is 306 g/mol. The molecule has 0 aliphatic carbocycles. The van der Waals surface area contributed by atoms with Crippen LogP contribution in [0.1, 0.15) is 10.4 Å². The summed E-state index contributed by atoms with van der Waals surface area (Å²) in [4.78, 5) is 11.1. The van der Waals surface area contributed by atoms with Crippen LogP contribution in [0.15, 0.2) is 47.4 Å². The molecule has 7 heteroatoms. The zero-order valence-corrected chi connectivity index (χ0v) is 12.0. The molecule has 4 N–H and O–H groups in total. The van der Waals surface area contributed by atoms with E-state index in [0.717, 1.165) is 6.26 Å². The molecule has 110 valence electrons. The van der Waals surface area contributed by atoms with Crippen LogP contribution in [0.5, 0.6) is 0 Å². The summed E-state index contributed by atoms with van der Waals surface area (Å²) in [5.74, 6) is -1.05. The number of carboxylic acids is 1. The van der Waals surface area contributed by atoms with Crippen molar-refractivity contribution in [1.29, 1.82) is 0 Å². The number of anilines is 3. The first-order chi connectivity index (χ1) is 9.77. The molecule has 0 saturated carbocycles. The van der Waals surface area contributed by atoms with E-state index in [1.165, 1.54) is 30.3 Å². The predicted octanol–water partition coefficient (Wildman–Crippen LogP) is 2.11. The lowest BCUT2D eigenvalue weighted by Gasteiger charge is -2.10. The molecule has 2 rings (SSSR count). The molecular weight excluding hydrogens is 292 g/mol. The second-order valence-electron chi connectivity index (χ2n) is 4.53. The highest BCUT2D eigenvalue weighted by Crippen LogP contribution is 2.25. The van der Waals surface area contributed by atoms with Gasteiger partial charge in [-0.05, 0) is 42.5 Å². The SMILES string of the molecule is CS(=O)(=O)c1ccc(Nc2cc(C(=O)O)ccc2N)cc1. The van der Waals surface area contributed by atoms with Crippen molar-refractivity contribution in [2.75, 3.05) is 17.3 Å². The van der Waals surface area contributed by atoms with Crippen molar-refractivity contribution in [2.45, 2.75) is 4.90 Å². The number of nitrogens with two attached hydrogens (primary N) is 1. The Labute approximate surface area is 122 Å². The van der Waals surface area contributed by atoms with Crippen molar-refractivity contribution in [3.05, 3.63) is 48.0 Å². The molecule has 2 aromatic rings. The van der Waals surface area contributed by atoms with Gasteiger partial charge in [0.1, 0.15) is 0 Å². The van der Waals surface area contributed by atoms with Crippen molar-refractivity contribution in [3.8, 4) is 0 Å². The molecule has 0 saturated heterocycles. The summed E-state index contributed by atoms with van der Waals surface area (Å²) in [6.45, 7) is 0. The van der Waals surface area contributed by atoms with Crippen LogP contribution >= 0.6 is 0 Å². The van der Waals surface area contributed by atoms with Gasteiger partial charge in [-0.1, -0.05) is 0 Å². The molecule has 0 radical (unpaired) electrons. The van der Waals surface area contributed by atoms with E-state index >= 15 is 0 Å². The Morgan fingerprint density at radius 1 is 1.14 bits per heavy atom. The van der Waals surface area contributed by atoms with Crippen LogP contribution in [0.2, 0.25) is 0 Å². The molecular formula is C14H14N2O4S. The normalized spacial score (nSPS) is 11.1. The average Bonchev–Trinajstić information content (AvgIpc) is 2.40. The molecule has 0 aliphatic rings. The quantitative estimate of drug-likeness (QED) is 0.746. The van der Waals surface area contributed by atoms with E-state index in [0.29, 0.717) is 17.1 Å². The highest BCUT2D eigenvalue weighted by molar-refractivity contribution is 7.90. The van der Waals surface area contributed by atoms with Crippen LogP contribution in [0.25, 0.3) is 0 Å². The molecule has 2 aromatic carbocycles. The van der Waals surface area contributed by atoms with Crippen LogP contribution in [0.3, 0.4) is 0 Å². The number of hydrogen-bond donors (Lipinski definition) is 3. The minimum Gasteiger partial charge on any atom is -0.478 e. The molecule has 0 spiro atoms. The number of benzene rings is 2. The lowest BCUT2D eigenvalue weighted by atomic mass is 10.1. The van der Waals surface area contributed by atoms with Crippen molar-refractivity contribution in [1.82, 2.24) is 0 Å². The summed E-state index contributed by atoms with van der Waals surface area (Å²) < 4.78 is 22.7. The Morgan fingerprint density at radius 3 is 2.29 bits per heavy atom. The van der Waals surface area contributed by atoms with Gasteiger partial charge >= 0.3 is 5.97 Å². The van der Waals surface area contributed by atoms with E-state index in [1.807, 2.05) is 0 Å². The third-order valence-electron chi connectivity index (χ3n) is 2.86. The van der Waals surface area contributed by atoms with Gasteiger partial charge in [-0.25, -0.2) is 13.2 Å². The Hall–Kier alpha value is -2.54. The van der Waals surface area contributed by atoms with Crippen molar-refractivity contribution in [3.63, 3.8) is 0 Å². The number of rotatable bonds is 4. The first-order valence-electron chi connectivity index (χ1n) is 5.97. The maximum Gasteiger partial charge on any atom is 0.335 e. The summed E-state index contributed by atoms with van der Waals surface area (Å²) in [6.07, 6.45) is 1.13. The van der Waals surface area contributed by atoms with Crippen molar-refractivity contribution in [2.24, 2.45) is 0 Å². The Bertz CT molecular complexity index is 783. The number of sulfone groups is 1. The molecule has 0 amide bonds. The molecule has 0 unspecified atom stereocenters. The van der Waals surface area contributed by atoms with Gasteiger partial charge in [0.15, 0.2) is 9.84 Å². The zero-order chi connectivity index (χ0) is 15.6. The summed E-state index contributed by atoms with van der Waals surface area (Å²) in [7, 11) is -3.25. The van der Waals surface area contributed by atoms with Gasteiger partial charge in [0.2, 0.25) is 0 Å². The first-order valence-corrected chi connectivity index (χ1v) is 7.86.